The molecule has 3 rings (SSSR count). The van der Waals surface area contributed by atoms with Crippen molar-refractivity contribution in [2.24, 2.45) is 0 Å². The summed E-state index contributed by atoms with van der Waals surface area (Å²) in [5.41, 5.74) is 1.21. The molecule has 2 aromatic carbocycles. The van der Waals surface area contributed by atoms with Gasteiger partial charge in [0.05, 0.1) is 13.7 Å². The average Bonchev–Trinajstić information content (AvgIpc) is 2.75. The molecule has 2 aromatic rings. The predicted molar refractivity (Wildman–Crippen MR) is 110 cm³/mol. The van der Waals surface area contributed by atoms with E-state index in [1.165, 1.54) is 13.2 Å². The van der Waals surface area contributed by atoms with Crippen LogP contribution in [0.3, 0.4) is 0 Å². The number of unbranched alkanes of at least 4 members (excludes halogenated alkanes) is 1. The molecule has 0 spiro atoms. The monoisotopic (exact) mass is 416 g/mol. The zero-order valence-electron chi connectivity index (χ0n) is 17.0. The molecule has 0 aromatic heterocycles. The summed E-state index contributed by atoms with van der Waals surface area (Å²) >= 11 is 0. The summed E-state index contributed by atoms with van der Waals surface area (Å²) in [6.07, 6.45) is 2.05. The Morgan fingerprint density at radius 1 is 1.17 bits per heavy atom. The third kappa shape index (κ3) is 4.22. The van der Waals surface area contributed by atoms with Gasteiger partial charge >= 0.3 is 0 Å². The molecular weight excluding hydrogens is 393 g/mol. The minimum atomic E-state index is -1.19. The highest BCUT2D eigenvalue weighted by Gasteiger charge is 2.29. The number of hydrogen-bond donors (Lipinski definition) is 0. The van der Waals surface area contributed by atoms with Crippen LogP contribution >= 0.6 is 0 Å². The Kier molecular flexibility index (Phi) is 6.55. The number of allylic oxidation sites excluding steroid dienone is 2. The lowest BCUT2D eigenvalue weighted by Gasteiger charge is -2.24. The van der Waals surface area contributed by atoms with Gasteiger partial charge in [-0.1, -0.05) is 38.6 Å². The van der Waals surface area contributed by atoms with Gasteiger partial charge in [0.15, 0.2) is 23.1 Å². The summed E-state index contributed by atoms with van der Waals surface area (Å²) in [6, 6.07) is 8.24. The van der Waals surface area contributed by atoms with Crippen molar-refractivity contribution in [3.8, 4) is 22.6 Å². The van der Waals surface area contributed by atoms with E-state index in [0.29, 0.717) is 23.5 Å². The first-order valence-electron chi connectivity index (χ1n) is 9.60. The maximum Gasteiger partial charge on any atom is 0.207 e. The van der Waals surface area contributed by atoms with Gasteiger partial charge < -0.3 is 14.2 Å². The second kappa shape index (κ2) is 9.11. The molecule has 0 atom stereocenters. The lowest BCUT2D eigenvalue weighted by molar-refractivity contribution is 0.272. The molecule has 0 fully saturated rings. The van der Waals surface area contributed by atoms with Crippen molar-refractivity contribution in [1.29, 1.82) is 0 Å². The second-order valence-electron chi connectivity index (χ2n) is 6.92. The van der Waals surface area contributed by atoms with E-state index >= 15 is 0 Å². The Bertz CT molecular complexity index is 1010. The van der Waals surface area contributed by atoms with E-state index in [0.717, 1.165) is 12.8 Å². The fourth-order valence-corrected chi connectivity index (χ4v) is 3.08. The van der Waals surface area contributed by atoms with E-state index in [-0.39, 0.29) is 34.8 Å². The highest BCUT2D eigenvalue weighted by atomic mass is 19.2. The van der Waals surface area contributed by atoms with Crippen molar-refractivity contribution in [2.75, 3.05) is 13.7 Å². The number of halogens is 3. The van der Waals surface area contributed by atoms with E-state index < -0.39 is 17.5 Å². The van der Waals surface area contributed by atoms with Crippen LogP contribution in [-0.2, 0) is 11.2 Å². The van der Waals surface area contributed by atoms with Crippen LogP contribution in [0.15, 0.2) is 66.4 Å². The average molecular weight is 416 g/mol. The first-order chi connectivity index (χ1) is 14.4. The van der Waals surface area contributed by atoms with Crippen LogP contribution in [0.4, 0.5) is 13.2 Å². The van der Waals surface area contributed by atoms with E-state index in [2.05, 4.69) is 20.1 Å². The third-order valence-corrected chi connectivity index (χ3v) is 4.79. The molecule has 30 heavy (non-hydrogen) atoms. The Morgan fingerprint density at radius 2 is 1.87 bits per heavy atom. The summed E-state index contributed by atoms with van der Waals surface area (Å²) in [7, 11) is 1.24. The quantitative estimate of drug-likeness (QED) is 0.374. The largest absolute Gasteiger partial charge is 0.494 e. The maximum atomic E-state index is 14.8. The molecule has 0 amide bonds. The van der Waals surface area contributed by atoms with Crippen molar-refractivity contribution in [3.05, 3.63) is 83.6 Å². The van der Waals surface area contributed by atoms with Crippen molar-refractivity contribution in [3.63, 3.8) is 0 Å². The zero-order valence-corrected chi connectivity index (χ0v) is 17.0. The van der Waals surface area contributed by atoms with Gasteiger partial charge in [-0.05, 0) is 35.8 Å². The smallest absolute Gasteiger partial charge is 0.207 e. The Morgan fingerprint density at radius 3 is 2.50 bits per heavy atom. The molecule has 6 heteroatoms. The molecule has 1 aliphatic heterocycles. The van der Waals surface area contributed by atoms with Gasteiger partial charge in [0.25, 0.3) is 0 Å². The van der Waals surface area contributed by atoms with Crippen LogP contribution < -0.4 is 9.47 Å². The minimum Gasteiger partial charge on any atom is -0.494 e. The fourth-order valence-electron chi connectivity index (χ4n) is 3.08. The van der Waals surface area contributed by atoms with Crippen LogP contribution in [0.25, 0.3) is 11.1 Å². The summed E-state index contributed by atoms with van der Waals surface area (Å²) in [5, 5.41) is 0. The van der Waals surface area contributed by atoms with Gasteiger partial charge in [0.1, 0.15) is 5.75 Å². The number of hydrogen-bond acceptors (Lipinski definition) is 3. The molecule has 0 unspecified atom stereocenters. The molecular formula is C24H23F3O3. The fraction of sp³-hybridized carbons (Fsp3) is 0.250. The third-order valence-electron chi connectivity index (χ3n) is 4.79. The van der Waals surface area contributed by atoms with Gasteiger partial charge in [-0.2, -0.15) is 8.78 Å². The van der Waals surface area contributed by atoms with Gasteiger partial charge in [0.2, 0.25) is 11.6 Å². The van der Waals surface area contributed by atoms with Crippen molar-refractivity contribution in [2.45, 2.75) is 26.2 Å². The number of ether oxygens (including phenoxy) is 3. The van der Waals surface area contributed by atoms with E-state index in [9.17, 15) is 13.2 Å². The lowest BCUT2D eigenvalue weighted by Crippen LogP contribution is -2.14. The molecule has 1 aliphatic rings. The summed E-state index contributed by atoms with van der Waals surface area (Å²) in [5.74, 6) is -3.47. The van der Waals surface area contributed by atoms with Crippen molar-refractivity contribution < 1.29 is 27.4 Å². The molecule has 0 radical (unpaired) electrons. The summed E-state index contributed by atoms with van der Waals surface area (Å²) in [4.78, 5) is 0. The maximum absolute atomic E-state index is 14.8. The Labute approximate surface area is 174 Å². The van der Waals surface area contributed by atoms with Gasteiger partial charge in [-0.25, -0.2) is 4.39 Å². The highest BCUT2D eigenvalue weighted by Crippen LogP contribution is 2.41. The molecule has 0 saturated carbocycles. The van der Waals surface area contributed by atoms with E-state index in [1.54, 1.807) is 24.3 Å². The highest BCUT2D eigenvalue weighted by molar-refractivity contribution is 5.68. The Hall–Kier alpha value is -3.15. The molecule has 3 nitrogen and oxygen atoms in total. The van der Waals surface area contributed by atoms with Gasteiger partial charge in [0, 0.05) is 17.5 Å². The molecule has 0 bridgehead atoms. The van der Waals surface area contributed by atoms with Crippen LogP contribution in [0, 0.1) is 11.6 Å². The van der Waals surface area contributed by atoms with Crippen molar-refractivity contribution in [1.82, 2.24) is 0 Å². The van der Waals surface area contributed by atoms with Crippen LogP contribution in [0.2, 0.25) is 0 Å². The number of rotatable bonds is 7. The molecule has 0 aliphatic carbocycles. The van der Waals surface area contributed by atoms with Crippen LogP contribution in [0.5, 0.6) is 11.5 Å². The number of benzene rings is 2. The molecule has 0 saturated heterocycles. The topological polar surface area (TPSA) is 27.7 Å². The van der Waals surface area contributed by atoms with Crippen LogP contribution in [-0.4, -0.2) is 13.7 Å². The Balaban J connectivity index is 1.95. The SMILES string of the molecule is C=C(OC)/C(F)=C1/Oc2c(cc(-c3ccc(OCCCC)cc3)c(F)c2F)CC1=C. The normalized spacial score (nSPS) is 14.6. The molecule has 1 heterocycles. The predicted octanol–water partition coefficient (Wildman–Crippen LogP) is 6.64. The molecule has 0 N–H and O–H groups in total. The number of methoxy groups -OCH3 is 1. The van der Waals surface area contributed by atoms with Gasteiger partial charge in [-0.3, -0.25) is 0 Å². The standard InChI is InChI=1S/C24H23F3O3/c1-5-6-11-29-18-9-7-16(8-10-18)19-13-17-12-14(2)23(20(25)15(3)28-4)30-24(17)22(27)21(19)26/h7-10,13H,2-3,5-6,11-12H2,1,4H3/b23-20-. The van der Waals surface area contributed by atoms with Crippen molar-refractivity contribution >= 4 is 0 Å². The van der Waals surface area contributed by atoms with E-state index in [1.807, 2.05) is 0 Å². The molecule has 158 valence electrons. The van der Waals surface area contributed by atoms with Gasteiger partial charge in [-0.15, -0.1) is 0 Å². The second-order valence-corrected chi connectivity index (χ2v) is 6.92. The first kappa shape index (κ1) is 21.6. The zero-order chi connectivity index (χ0) is 21.8. The summed E-state index contributed by atoms with van der Waals surface area (Å²) in [6.45, 7) is 9.86. The minimum absolute atomic E-state index is 0.0805. The van der Waals surface area contributed by atoms with Crippen LogP contribution in [0.1, 0.15) is 25.3 Å². The summed E-state index contributed by atoms with van der Waals surface area (Å²) < 4.78 is 59.7. The first-order valence-corrected chi connectivity index (χ1v) is 9.60. The lowest BCUT2D eigenvalue weighted by atomic mass is 9.95. The number of fused-ring (bicyclic) bond motifs is 1. The van der Waals surface area contributed by atoms with E-state index in [4.69, 9.17) is 14.2 Å².